The van der Waals surface area contributed by atoms with Crippen LogP contribution in [-0.2, 0) is 24.0 Å². The molecule has 0 spiro atoms. The number of carbonyl (C=O) groups excluding carboxylic acids is 3. The van der Waals surface area contributed by atoms with Crippen LogP contribution in [0.25, 0.3) is 0 Å². The molecule has 0 aliphatic rings. The lowest BCUT2D eigenvalue weighted by molar-refractivity contribution is -0.143. The van der Waals surface area contributed by atoms with Crippen LogP contribution in [0, 0.1) is 5.92 Å². The van der Waals surface area contributed by atoms with Crippen molar-refractivity contribution >= 4 is 53.2 Å². The Morgan fingerprint density at radius 3 is 1.88 bits per heavy atom. The lowest BCUT2D eigenvalue weighted by Crippen LogP contribution is -2.58. The molecule has 0 aromatic carbocycles. The highest BCUT2D eigenvalue weighted by Crippen LogP contribution is 2.11. The summed E-state index contributed by atoms with van der Waals surface area (Å²) in [5.41, 5.74) is 5.91. The molecule has 0 bridgehead atoms. The minimum absolute atomic E-state index is 0.294. The van der Waals surface area contributed by atoms with Crippen LogP contribution in [0.2, 0.25) is 0 Å². The maximum Gasteiger partial charge on any atom is 0.326 e. The van der Waals surface area contributed by atoms with Gasteiger partial charge in [-0.1, -0.05) is 20.3 Å². The number of nitrogens with one attached hydrogen (secondary N) is 3. The molecule has 13 heteroatoms. The van der Waals surface area contributed by atoms with Crippen molar-refractivity contribution in [3.63, 3.8) is 0 Å². The van der Waals surface area contributed by atoms with Crippen LogP contribution in [0.4, 0.5) is 0 Å². The Morgan fingerprint density at radius 2 is 1.38 bits per heavy atom. The molecule has 196 valence electrons. The summed E-state index contributed by atoms with van der Waals surface area (Å²) < 4.78 is 0. The lowest BCUT2D eigenvalue weighted by atomic mass is 9.97. The molecule has 5 unspecified atom stereocenters. The van der Waals surface area contributed by atoms with E-state index in [4.69, 9.17) is 10.8 Å². The fourth-order valence-corrected chi connectivity index (χ4v) is 3.86. The minimum Gasteiger partial charge on any atom is -0.481 e. The Morgan fingerprint density at radius 1 is 0.824 bits per heavy atom. The van der Waals surface area contributed by atoms with Crippen molar-refractivity contribution in [2.75, 3.05) is 24.0 Å². The number of carbonyl (C=O) groups is 5. The first-order valence-corrected chi connectivity index (χ1v) is 13.9. The first kappa shape index (κ1) is 32.0. The van der Waals surface area contributed by atoms with E-state index in [2.05, 4.69) is 16.0 Å². The van der Waals surface area contributed by atoms with Crippen molar-refractivity contribution in [3.8, 4) is 0 Å². The van der Waals surface area contributed by atoms with Crippen LogP contribution < -0.4 is 21.7 Å². The third-order valence-electron chi connectivity index (χ3n) is 5.27. The zero-order chi connectivity index (χ0) is 26.3. The number of carboxylic acid groups (broad SMARTS) is 2. The minimum atomic E-state index is -1.41. The molecule has 7 N–H and O–H groups in total. The molecule has 0 aromatic heterocycles. The van der Waals surface area contributed by atoms with Crippen molar-refractivity contribution in [3.05, 3.63) is 0 Å². The average molecular weight is 523 g/mol. The summed E-state index contributed by atoms with van der Waals surface area (Å²) in [4.78, 5) is 60.6. The van der Waals surface area contributed by atoms with Gasteiger partial charge in [0.1, 0.15) is 18.1 Å². The van der Waals surface area contributed by atoms with E-state index < -0.39 is 60.2 Å². The van der Waals surface area contributed by atoms with Gasteiger partial charge in [-0.2, -0.15) is 23.5 Å². The molecule has 0 rings (SSSR count). The number of nitrogens with two attached hydrogens (primary N) is 1. The predicted octanol–water partition coefficient (Wildman–Crippen LogP) is 0.270. The number of hydrogen-bond acceptors (Lipinski definition) is 8. The second-order valence-electron chi connectivity index (χ2n) is 7.93. The molecular weight excluding hydrogens is 484 g/mol. The maximum absolute atomic E-state index is 13.0. The molecule has 0 saturated carbocycles. The molecule has 34 heavy (non-hydrogen) atoms. The number of aliphatic carboxylic acids is 2. The van der Waals surface area contributed by atoms with Crippen LogP contribution in [-0.4, -0.2) is 88.1 Å². The molecule has 0 heterocycles. The summed E-state index contributed by atoms with van der Waals surface area (Å²) >= 11 is 3.05. The molecule has 0 aromatic rings. The third-order valence-corrected chi connectivity index (χ3v) is 6.56. The Bertz CT molecular complexity index is 696. The standard InChI is InChI=1S/C21H38N4O7S2/c1-5-12(2)17(20(30)24-15(21(31)32)6-7-16(26)27)25-19(29)14(9-11-34-4)23-18(28)13(22)8-10-33-3/h12-15,17H,5-11,22H2,1-4H3,(H,23,28)(H,24,30)(H,25,29)(H,26,27)(H,31,32). The monoisotopic (exact) mass is 522 g/mol. The Balaban J connectivity index is 5.47. The van der Waals surface area contributed by atoms with Gasteiger partial charge in [0.25, 0.3) is 0 Å². The number of thioether (sulfide) groups is 2. The SMILES string of the molecule is CCC(C)C(NC(=O)C(CCSC)NC(=O)C(N)CCSC)C(=O)NC(CCC(=O)O)C(=O)O. The summed E-state index contributed by atoms with van der Waals surface area (Å²) in [6.45, 7) is 3.54. The van der Waals surface area contributed by atoms with Crippen LogP contribution in [0.3, 0.4) is 0 Å². The predicted molar refractivity (Wildman–Crippen MR) is 134 cm³/mol. The largest absolute Gasteiger partial charge is 0.481 e. The van der Waals surface area contributed by atoms with Gasteiger partial charge in [-0.15, -0.1) is 0 Å². The van der Waals surface area contributed by atoms with E-state index in [1.807, 2.05) is 19.4 Å². The van der Waals surface area contributed by atoms with Gasteiger partial charge in [-0.3, -0.25) is 19.2 Å². The van der Waals surface area contributed by atoms with E-state index in [1.54, 1.807) is 18.7 Å². The molecule has 0 aliphatic carbocycles. The molecule has 11 nitrogen and oxygen atoms in total. The maximum atomic E-state index is 13.0. The van der Waals surface area contributed by atoms with Gasteiger partial charge in [-0.05, 0) is 49.2 Å². The summed E-state index contributed by atoms with van der Waals surface area (Å²) in [5, 5.41) is 25.8. The highest BCUT2D eigenvalue weighted by molar-refractivity contribution is 7.98. The average Bonchev–Trinajstić information content (AvgIpc) is 2.79. The van der Waals surface area contributed by atoms with Gasteiger partial charge in [-0.25, -0.2) is 4.79 Å². The number of rotatable bonds is 18. The summed E-state index contributed by atoms with van der Waals surface area (Å²) in [6, 6.07) is -4.16. The van der Waals surface area contributed by atoms with Crippen molar-refractivity contribution in [1.82, 2.24) is 16.0 Å². The Labute approximate surface area is 209 Å². The second-order valence-corrected chi connectivity index (χ2v) is 9.91. The van der Waals surface area contributed by atoms with E-state index in [9.17, 15) is 29.1 Å². The van der Waals surface area contributed by atoms with E-state index in [0.717, 1.165) is 0 Å². The van der Waals surface area contributed by atoms with Gasteiger partial charge in [0.2, 0.25) is 17.7 Å². The van der Waals surface area contributed by atoms with Crippen LogP contribution in [0.5, 0.6) is 0 Å². The van der Waals surface area contributed by atoms with Crippen molar-refractivity contribution in [2.45, 2.75) is 70.1 Å². The number of carboxylic acids is 2. The van der Waals surface area contributed by atoms with Crippen LogP contribution >= 0.6 is 23.5 Å². The normalized spacial score (nSPS) is 15.3. The van der Waals surface area contributed by atoms with E-state index in [0.29, 0.717) is 30.8 Å². The molecule has 5 atom stereocenters. The summed E-state index contributed by atoms with van der Waals surface area (Å²) in [7, 11) is 0. The highest BCUT2D eigenvalue weighted by atomic mass is 32.2. The van der Waals surface area contributed by atoms with Gasteiger partial charge >= 0.3 is 11.9 Å². The van der Waals surface area contributed by atoms with E-state index in [-0.39, 0.29) is 12.3 Å². The first-order chi connectivity index (χ1) is 16.0. The molecule has 0 aliphatic heterocycles. The lowest BCUT2D eigenvalue weighted by Gasteiger charge is -2.28. The molecule has 0 fully saturated rings. The van der Waals surface area contributed by atoms with Gasteiger partial charge in [0.15, 0.2) is 0 Å². The number of amides is 3. The fraction of sp³-hybridized carbons (Fsp3) is 0.762. The fourth-order valence-electron chi connectivity index (χ4n) is 2.90. The molecular formula is C21H38N4O7S2. The summed E-state index contributed by atoms with van der Waals surface area (Å²) in [5.74, 6) is -3.39. The Kier molecular flexibility index (Phi) is 16.4. The Hall–Kier alpha value is -1.99. The zero-order valence-electron chi connectivity index (χ0n) is 20.2. The third kappa shape index (κ3) is 12.5. The molecule has 3 amide bonds. The zero-order valence-corrected chi connectivity index (χ0v) is 21.8. The smallest absolute Gasteiger partial charge is 0.326 e. The van der Waals surface area contributed by atoms with Gasteiger partial charge < -0.3 is 31.9 Å². The summed E-state index contributed by atoms with van der Waals surface area (Å²) in [6.07, 6.45) is 4.31. The van der Waals surface area contributed by atoms with Gasteiger partial charge in [0.05, 0.1) is 6.04 Å². The van der Waals surface area contributed by atoms with E-state index >= 15 is 0 Å². The van der Waals surface area contributed by atoms with Crippen molar-refractivity contribution < 1.29 is 34.2 Å². The van der Waals surface area contributed by atoms with Crippen LogP contribution in [0.15, 0.2) is 0 Å². The van der Waals surface area contributed by atoms with Crippen LogP contribution in [0.1, 0.15) is 46.0 Å². The topological polar surface area (TPSA) is 188 Å². The number of hydrogen-bond donors (Lipinski definition) is 6. The van der Waals surface area contributed by atoms with Crippen molar-refractivity contribution in [2.24, 2.45) is 11.7 Å². The van der Waals surface area contributed by atoms with Crippen molar-refractivity contribution in [1.29, 1.82) is 0 Å². The molecule has 0 radical (unpaired) electrons. The second kappa shape index (κ2) is 17.4. The van der Waals surface area contributed by atoms with Gasteiger partial charge in [0, 0.05) is 6.42 Å². The highest BCUT2D eigenvalue weighted by Gasteiger charge is 2.32. The van der Waals surface area contributed by atoms with E-state index in [1.165, 1.54) is 11.8 Å². The molecule has 0 saturated heterocycles. The first-order valence-electron chi connectivity index (χ1n) is 11.1. The quantitative estimate of drug-likeness (QED) is 0.146.